The summed E-state index contributed by atoms with van der Waals surface area (Å²) >= 11 is 0. The predicted molar refractivity (Wildman–Crippen MR) is 99.8 cm³/mol. The number of methoxy groups -OCH3 is 2. The molecule has 1 aromatic carbocycles. The highest BCUT2D eigenvalue weighted by molar-refractivity contribution is 6.03. The number of carbonyl (C=O) groups excluding carboxylic acids is 1. The number of hydrogen-bond donors (Lipinski definition) is 1. The minimum atomic E-state index is -0.238. The van der Waals surface area contributed by atoms with E-state index < -0.39 is 0 Å². The second-order valence-electron chi connectivity index (χ2n) is 6.92. The average Bonchev–Trinajstić information content (AvgIpc) is 3.04. The zero-order chi connectivity index (χ0) is 18.7. The van der Waals surface area contributed by atoms with Crippen LogP contribution >= 0.6 is 0 Å². The summed E-state index contributed by atoms with van der Waals surface area (Å²) in [6.07, 6.45) is 1.83. The highest BCUT2D eigenvalue weighted by Crippen LogP contribution is 2.26. The van der Waals surface area contributed by atoms with Crippen molar-refractivity contribution in [2.75, 3.05) is 32.6 Å². The monoisotopic (exact) mass is 358 g/mol. The van der Waals surface area contributed by atoms with E-state index in [-0.39, 0.29) is 5.91 Å². The first-order valence-electron chi connectivity index (χ1n) is 8.81. The van der Waals surface area contributed by atoms with Crippen LogP contribution in [-0.4, -0.2) is 47.7 Å². The third kappa shape index (κ3) is 4.16. The van der Waals surface area contributed by atoms with Gasteiger partial charge in [0.1, 0.15) is 23.0 Å². The molecule has 2 aromatic rings. The number of benzene rings is 1. The van der Waals surface area contributed by atoms with Crippen LogP contribution in [0.3, 0.4) is 0 Å². The summed E-state index contributed by atoms with van der Waals surface area (Å²) in [5.41, 5.74) is 1.03. The van der Waals surface area contributed by atoms with Gasteiger partial charge in [-0.2, -0.15) is 0 Å². The van der Waals surface area contributed by atoms with Gasteiger partial charge in [-0.1, -0.05) is 13.8 Å². The standard InChI is InChI=1S/C19H26N4O3/c1-13(2)10-22-5-6-23-11-17(21-18(23)12-22)19(24)20-14-7-15(25-3)9-16(8-14)26-4/h7-9,11,13H,5-6,10,12H2,1-4H3,(H,20,24). The fourth-order valence-corrected chi connectivity index (χ4v) is 3.16. The third-order valence-corrected chi connectivity index (χ3v) is 4.35. The Labute approximate surface area is 153 Å². The number of anilines is 1. The van der Waals surface area contributed by atoms with Gasteiger partial charge in [0.05, 0.1) is 20.8 Å². The molecule has 0 atom stereocenters. The van der Waals surface area contributed by atoms with Crippen LogP contribution < -0.4 is 14.8 Å². The molecule has 0 spiro atoms. The minimum absolute atomic E-state index is 0.238. The number of fused-ring (bicyclic) bond motifs is 1. The SMILES string of the molecule is COc1cc(NC(=O)c2cn3c(n2)CN(CC(C)C)CC3)cc(OC)c1. The van der Waals surface area contributed by atoms with Crippen molar-refractivity contribution < 1.29 is 14.3 Å². The molecule has 3 rings (SSSR count). The van der Waals surface area contributed by atoms with Crippen LogP contribution in [0.1, 0.15) is 30.2 Å². The van der Waals surface area contributed by atoms with Gasteiger partial charge in [-0.05, 0) is 5.92 Å². The maximum atomic E-state index is 12.6. The molecule has 0 bridgehead atoms. The van der Waals surface area contributed by atoms with Gasteiger partial charge >= 0.3 is 0 Å². The van der Waals surface area contributed by atoms with E-state index in [1.54, 1.807) is 32.4 Å². The van der Waals surface area contributed by atoms with Gasteiger partial charge in [0, 0.05) is 49.7 Å². The number of aromatic nitrogens is 2. The fraction of sp³-hybridized carbons (Fsp3) is 0.474. The van der Waals surface area contributed by atoms with Gasteiger partial charge in [-0.25, -0.2) is 4.98 Å². The lowest BCUT2D eigenvalue weighted by atomic mass is 10.2. The zero-order valence-electron chi connectivity index (χ0n) is 15.8. The van der Waals surface area contributed by atoms with Crippen molar-refractivity contribution in [3.05, 3.63) is 35.9 Å². The van der Waals surface area contributed by atoms with E-state index in [2.05, 4.69) is 33.6 Å². The molecule has 0 saturated heterocycles. The Morgan fingerprint density at radius 3 is 2.50 bits per heavy atom. The molecule has 140 valence electrons. The summed E-state index contributed by atoms with van der Waals surface area (Å²) in [7, 11) is 3.15. The Morgan fingerprint density at radius 2 is 1.88 bits per heavy atom. The lowest BCUT2D eigenvalue weighted by molar-refractivity contribution is 0.102. The first-order chi connectivity index (χ1) is 12.5. The molecule has 0 aliphatic carbocycles. The number of carbonyl (C=O) groups is 1. The zero-order valence-corrected chi connectivity index (χ0v) is 15.8. The second kappa shape index (κ2) is 7.78. The number of nitrogens with one attached hydrogen (secondary N) is 1. The molecule has 7 nitrogen and oxygen atoms in total. The highest BCUT2D eigenvalue weighted by atomic mass is 16.5. The van der Waals surface area contributed by atoms with Gasteiger partial charge in [-0.3, -0.25) is 9.69 Å². The van der Waals surface area contributed by atoms with E-state index in [1.165, 1.54) is 0 Å². The maximum absolute atomic E-state index is 12.6. The van der Waals surface area contributed by atoms with Crippen molar-refractivity contribution in [2.45, 2.75) is 26.9 Å². The summed E-state index contributed by atoms with van der Waals surface area (Å²) in [5, 5.41) is 2.87. The fourth-order valence-electron chi connectivity index (χ4n) is 3.16. The van der Waals surface area contributed by atoms with Crippen LogP contribution in [0.5, 0.6) is 11.5 Å². The van der Waals surface area contributed by atoms with Crippen molar-refractivity contribution in [3.63, 3.8) is 0 Å². The van der Waals surface area contributed by atoms with Crippen LogP contribution in [0.15, 0.2) is 24.4 Å². The number of ether oxygens (including phenoxy) is 2. The van der Waals surface area contributed by atoms with E-state index in [0.717, 1.165) is 32.0 Å². The normalized spacial score (nSPS) is 14.2. The molecule has 26 heavy (non-hydrogen) atoms. The molecule has 1 N–H and O–H groups in total. The summed E-state index contributed by atoms with van der Waals surface area (Å²) in [6, 6.07) is 5.26. The molecule has 0 unspecified atom stereocenters. The van der Waals surface area contributed by atoms with Gasteiger partial charge < -0.3 is 19.4 Å². The molecule has 1 aliphatic heterocycles. The minimum Gasteiger partial charge on any atom is -0.497 e. The van der Waals surface area contributed by atoms with E-state index >= 15 is 0 Å². The third-order valence-electron chi connectivity index (χ3n) is 4.35. The van der Waals surface area contributed by atoms with Crippen LogP contribution in [0.25, 0.3) is 0 Å². The molecule has 0 fully saturated rings. The quantitative estimate of drug-likeness (QED) is 0.860. The van der Waals surface area contributed by atoms with Gasteiger partial charge in [0.25, 0.3) is 5.91 Å². The molecule has 1 aromatic heterocycles. The number of rotatable bonds is 6. The molecule has 7 heteroatoms. The Kier molecular flexibility index (Phi) is 5.46. The summed E-state index contributed by atoms with van der Waals surface area (Å²) in [6.45, 7) is 8.08. The number of hydrogen-bond acceptors (Lipinski definition) is 5. The molecular formula is C19H26N4O3. The number of amides is 1. The van der Waals surface area contributed by atoms with Gasteiger partial charge in [-0.15, -0.1) is 0 Å². The Bertz CT molecular complexity index is 763. The van der Waals surface area contributed by atoms with Gasteiger partial charge in [0.15, 0.2) is 0 Å². The summed E-state index contributed by atoms with van der Waals surface area (Å²) in [4.78, 5) is 19.5. The Morgan fingerprint density at radius 1 is 1.19 bits per heavy atom. The van der Waals surface area contributed by atoms with Crippen LogP contribution in [-0.2, 0) is 13.1 Å². The Hall–Kier alpha value is -2.54. The van der Waals surface area contributed by atoms with Crippen LogP contribution in [0, 0.1) is 5.92 Å². The largest absolute Gasteiger partial charge is 0.497 e. The van der Waals surface area contributed by atoms with E-state index in [1.807, 2.05) is 6.20 Å². The van der Waals surface area contributed by atoms with Crippen molar-refractivity contribution >= 4 is 11.6 Å². The van der Waals surface area contributed by atoms with Crippen molar-refractivity contribution in [1.82, 2.24) is 14.5 Å². The number of imidazole rings is 1. The first-order valence-corrected chi connectivity index (χ1v) is 8.81. The predicted octanol–water partition coefficient (Wildman–Crippen LogP) is 2.62. The summed E-state index contributed by atoms with van der Waals surface area (Å²) in [5.74, 6) is 2.55. The molecular weight excluding hydrogens is 332 g/mol. The van der Waals surface area contributed by atoms with Crippen molar-refractivity contribution in [3.8, 4) is 11.5 Å². The second-order valence-corrected chi connectivity index (χ2v) is 6.92. The van der Waals surface area contributed by atoms with Crippen molar-refractivity contribution in [1.29, 1.82) is 0 Å². The van der Waals surface area contributed by atoms with Gasteiger partial charge in [0.2, 0.25) is 0 Å². The Balaban J connectivity index is 1.73. The molecule has 1 amide bonds. The smallest absolute Gasteiger partial charge is 0.275 e. The molecule has 2 heterocycles. The average molecular weight is 358 g/mol. The lowest BCUT2D eigenvalue weighted by Gasteiger charge is -2.28. The summed E-state index contributed by atoms with van der Waals surface area (Å²) < 4.78 is 12.5. The topological polar surface area (TPSA) is 68.6 Å². The highest BCUT2D eigenvalue weighted by Gasteiger charge is 2.21. The van der Waals surface area contributed by atoms with Crippen LogP contribution in [0.4, 0.5) is 5.69 Å². The molecule has 0 radical (unpaired) electrons. The van der Waals surface area contributed by atoms with E-state index in [4.69, 9.17) is 9.47 Å². The molecule has 0 saturated carbocycles. The lowest BCUT2D eigenvalue weighted by Crippen LogP contribution is -2.35. The number of nitrogens with zero attached hydrogens (tertiary/aromatic N) is 3. The van der Waals surface area contributed by atoms with Crippen molar-refractivity contribution in [2.24, 2.45) is 5.92 Å². The first kappa shape index (κ1) is 18.3. The van der Waals surface area contributed by atoms with Crippen LogP contribution in [0.2, 0.25) is 0 Å². The molecule has 1 aliphatic rings. The maximum Gasteiger partial charge on any atom is 0.275 e. The van der Waals surface area contributed by atoms with E-state index in [9.17, 15) is 4.79 Å². The van der Waals surface area contributed by atoms with E-state index in [0.29, 0.717) is 28.8 Å².